The molecular weight excluding hydrogens is 408 g/mol. The van der Waals surface area contributed by atoms with Crippen molar-refractivity contribution in [3.63, 3.8) is 0 Å². The van der Waals surface area contributed by atoms with Crippen LogP contribution in [0.3, 0.4) is 0 Å². The van der Waals surface area contributed by atoms with Crippen molar-refractivity contribution >= 4 is 22.7 Å². The molecule has 4 aromatic rings. The standard InChI is InChI=1S/C24H22N4O4/c1-3-19-25-23-21(22(26-32-23)16-6-4-15(2)5-7-16)24(30)28(19)18-10-8-17(9-11-18)27-12-13-31-14-20(27)29/h4-11H,3,12-14H2,1-2H3. The van der Waals surface area contributed by atoms with Crippen LogP contribution in [0.4, 0.5) is 5.69 Å². The molecule has 1 amide bonds. The van der Waals surface area contributed by atoms with Crippen molar-refractivity contribution in [1.29, 1.82) is 0 Å². The first-order chi connectivity index (χ1) is 15.6. The van der Waals surface area contributed by atoms with Gasteiger partial charge in [-0.05, 0) is 31.2 Å². The smallest absolute Gasteiger partial charge is 0.271 e. The maximum Gasteiger partial charge on any atom is 0.271 e. The third-order valence-electron chi connectivity index (χ3n) is 5.63. The second kappa shape index (κ2) is 8.05. The lowest BCUT2D eigenvalue weighted by molar-refractivity contribution is -0.125. The molecular formula is C24H22N4O4. The number of carbonyl (C=O) groups is 1. The summed E-state index contributed by atoms with van der Waals surface area (Å²) in [4.78, 5) is 32.0. The number of aryl methyl sites for hydroxylation is 2. The van der Waals surface area contributed by atoms with Gasteiger partial charge in [0.05, 0.1) is 12.3 Å². The van der Waals surface area contributed by atoms with Gasteiger partial charge in [-0.15, -0.1) is 0 Å². The third-order valence-corrected chi connectivity index (χ3v) is 5.63. The maximum absolute atomic E-state index is 13.6. The highest BCUT2D eigenvalue weighted by atomic mass is 16.5. The first kappa shape index (κ1) is 20.1. The summed E-state index contributed by atoms with van der Waals surface area (Å²) in [5.41, 5.74) is 3.82. The van der Waals surface area contributed by atoms with E-state index in [1.807, 2.05) is 62.4 Å². The second-order valence-corrected chi connectivity index (χ2v) is 7.71. The lowest BCUT2D eigenvalue weighted by atomic mass is 10.1. The number of rotatable bonds is 4. The van der Waals surface area contributed by atoms with Crippen LogP contribution in [0.25, 0.3) is 28.0 Å². The number of carbonyl (C=O) groups excluding carboxylic acids is 1. The number of morpholine rings is 1. The fraction of sp³-hybridized carbons (Fsp3) is 0.250. The van der Waals surface area contributed by atoms with Crippen molar-refractivity contribution in [3.8, 4) is 16.9 Å². The second-order valence-electron chi connectivity index (χ2n) is 7.71. The Morgan fingerprint density at radius 1 is 1.00 bits per heavy atom. The summed E-state index contributed by atoms with van der Waals surface area (Å²) in [6.07, 6.45) is 0.537. The number of benzene rings is 2. The van der Waals surface area contributed by atoms with Crippen LogP contribution < -0.4 is 10.5 Å². The van der Waals surface area contributed by atoms with Gasteiger partial charge in [0, 0.05) is 24.2 Å². The first-order valence-corrected chi connectivity index (χ1v) is 10.5. The zero-order chi connectivity index (χ0) is 22.2. The molecule has 2 aromatic heterocycles. The van der Waals surface area contributed by atoms with Crippen molar-refractivity contribution in [3.05, 3.63) is 70.3 Å². The molecule has 32 heavy (non-hydrogen) atoms. The highest BCUT2D eigenvalue weighted by Crippen LogP contribution is 2.26. The molecule has 0 N–H and O–H groups in total. The van der Waals surface area contributed by atoms with Gasteiger partial charge in [0.2, 0.25) is 0 Å². The quantitative estimate of drug-likeness (QED) is 0.494. The number of fused-ring (bicyclic) bond motifs is 1. The van der Waals surface area contributed by atoms with Gasteiger partial charge in [-0.25, -0.2) is 0 Å². The largest absolute Gasteiger partial charge is 0.370 e. The number of nitrogens with zero attached hydrogens (tertiary/aromatic N) is 4. The molecule has 1 aliphatic rings. The van der Waals surface area contributed by atoms with E-state index in [0.717, 1.165) is 16.8 Å². The van der Waals surface area contributed by atoms with Crippen LogP contribution >= 0.6 is 0 Å². The first-order valence-electron chi connectivity index (χ1n) is 10.5. The lowest BCUT2D eigenvalue weighted by Crippen LogP contribution is -2.41. The number of anilines is 1. The molecule has 3 heterocycles. The van der Waals surface area contributed by atoms with Crippen LogP contribution in [-0.2, 0) is 16.0 Å². The minimum atomic E-state index is -0.237. The number of amides is 1. The number of aromatic nitrogens is 3. The van der Waals surface area contributed by atoms with Gasteiger partial charge in [-0.3, -0.25) is 14.2 Å². The molecule has 0 unspecified atom stereocenters. The minimum absolute atomic E-state index is 0.0780. The highest BCUT2D eigenvalue weighted by Gasteiger charge is 2.22. The summed E-state index contributed by atoms with van der Waals surface area (Å²) >= 11 is 0. The van der Waals surface area contributed by atoms with E-state index in [0.29, 0.717) is 42.2 Å². The van der Waals surface area contributed by atoms with Gasteiger partial charge in [0.1, 0.15) is 23.5 Å². The van der Waals surface area contributed by atoms with Crippen molar-refractivity contribution in [2.24, 2.45) is 0 Å². The van der Waals surface area contributed by atoms with Gasteiger partial charge < -0.3 is 14.2 Å². The van der Waals surface area contributed by atoms with Crippen molar-refractivity contribution < 1.29 is 14.1 Å². The van der Waals surface area contributed by atoms with Gasteiger partial charge >= 0.3 is 0 Å². The summed E-state index contributed by atoms with van der Waals surface area (Å²) < 4.78 is 12.2. The lowest BCUT2D eigenvalue weighted by Gasteiger charge is -2.27. The Bertz CT molecular complexity index is 1350. The van der Waals surface area contributed by atoms with Crippen LogP contribution in [0.2, 0.25) is 0 Å². The molecule has 2 aromatic carbocycles. The van der Waals surface area contributed by atoms with Crippen LogP contribution in [0.15, 0.2) is 57.8 Å². The molecule has 0 bridgehead atoms. The maximum atomic E-state index is 13.6. The molecule has 0 radical (unpaired) electrons. The van der Waals surface area contributed by atoms with E-state index in [4.69, 9.17) is 9.26 Å². The monoisotopic (exact) mass is 430 g/mol. The van der Waals surface area contributed by atoms with Gasteiger partial charge in [-0.1, -0.05) is 41.9 Å². The zero-order valence-electron chi connectivity index (χ0n) is 17.9. The average Bonchev–Trinajstić information content (AvgIpc) is 3.24. The van der Waals surface area contributed by atoms with Gasteiger partial charge in [0.15, 0.2) is 0 Å². The third kappa shape index (κ3) is 3.38. The summed E-state index contributed by atoms with van der Waals surface area (Å²) in [5, 5.41) is 4.49. The molecule has 0 aliphatic carbocycles. The Labute approximate surface area is 184 Å². The molecule has 0 spiro atoms. The Balaban J connectivity index is 1.62. The van der Waals surface area contributed by atoms with E-state index in [-0.39, 0.29) is 23.8 Å². The molecule has 1 saturated heterocycles. The molecule has 0 atom stereocenters. The molecule has 1 fully saturated rings. The molecule has 8 heteroatoms. The van der Waals surface area contributed by atoms with E-state index >= 15 is 0 Å². The van der Waals surface area contributed by atoms with Gasteiger partial charge in [0.25, 0.3) is 17.2 Å². The molecule has 5 rings (SSSR count). The predicted molar refractivity (Wildman–Crippen MR) is 120 cm³/mol. The Morgan fingerprint density at radius 3 is 2.41 bits per heavy atom. The minimum Gasteiger partial charge on any atom is -0.370 e. The molecule has 162 valence electrons. The summed E-state index contributed by atoms with van der Waals surface area (Å²) in [6.45, 7) is 5.02. The van der Waals surface area contributed by atoms with Gasteiger partial charge in [-0.2, -0.15) is 4.98 Å². The van der Waals surface area contributed by atoms with Crippen LogP contribution in [0, 0.1) is 6.92 Å². The number of hydrogen-bond donors (Lipinski definition) is 0. The van der Waals surface area contributed by atoms with Crippen LogP contribution in [0.5, 0.6) is 0 Å². The van der Waals surface area contributed by atoms with Crippen LogP contribution in [0.1, 0.15) is 18.3 Å². The fourth-order valence-corrected chi connectivity index (χ4v) is 3.93. The normalized spacial score (nSPS) is 14.3. The summed E-state index contributed by atoms with van der Waals surface area (Å²) in [5.74, 6) is 0.495. The SMILES string of the molecule is CCc1nc2onc(-c3ccc(C)cc3)c2c(=O)n1-c1ccc(N2CCOCC2=O)cc1. The van der Waals surface area contributed by atoms with E-state index in [9.17, 15) is 9.59 Å². The average molecular weight is 430 g/mol. The van der Waals surface area contributed by atoms with E-state index < -0.39 is 0 Å². The van der Waals surface area contributed by atoms with Crippen molar-refractivity contribution in [2.75, 3.05) is 24.7 Å². The van der Waals surface area contributed by atoms with Crippen LogP contribution in [-0.4, -0.2) is 40.4 Å². The van der Waals surface area contributed by atoms with E-state index in [2.05, 4.69) is 10.1 Å². The van der Waals surface area contributed by atoms with Crippen molar-refractivity contribution in [1.82, 2.24) is 14.7 Å². The predicted octanol–water partition coefficient (Wildman–Crippen LogP) is 3.27. The topological polar surface area (TPSA) is 90.5 Å². The molecule has 0 saturated carbocycles. The number of hydrogen-bond acceptors (Lipinski definition) is 6. The Morgan fingerprint density at radius 2 is 1.72 bits per heavy atom. The van der Waals surface area contributed by atoms with E-state index in [1.54, 1.807) is 9.47 Å². The molecule has 8 nitrogen and oxygen atoms in total. The highest BCUT2D eigenvalue weighted by molar-refractivity contribution is 5.95. The Kier molecular flexibility index (Phi) is 5.07. The summed E-state index contributed by atoms with van der Waals surface area (Å²) in [6, 6.07) is 15.1. The summed E-state index contributed by atoms with van der Waals surface area (Å²) in [7, 11) is 0. The van der Waals surface area contributed by atoms with Crippen molar-refractivity contribution in [2.45, 2.75) is 20.3 Å². The zero-order valence-corrected chi connectivity index (χ0v) is 17.9. The Hall–Kier alpha value is -3.78. The molecule has 1 aliphatic heterocycles. The van der Waals surface area contributed by atoms with E-state index in [1.165, 1.54) is 0 Å². The number of ether oxygens (including phenoxy) is 1. The fourth-order valence-electron chi connectivity index (χ4n) is 3.93.